The van der Waals surface area contributed by atoms with Gasteiger partial charge in [0.25, 0.3) is 11.8 Å². The van der Waals surface area contributed by atoms with Crippen LogP contribution in [0.25, 0.3) is 0 Å². The van der Waals surface area contributed by atoms with Gasteiger partial charge in [0.15, 0.2) is 0 Å². The molecule has 2 aliphatic rings. The number of piperidine rings is 1. The molecule has 2 aliphatic heterocycles. The summed E-state index contributed by atoms with van der Waals surface area (Å²) in [6, 6.07) is 2.93. The van der Waals surface area contributed by atoms with E-state index in [0.29, 0.717) is 5.56 Å². The van der Waals surface area contributed by atoms with Crippen LogP contribution in [-0.2, 0) is 32.2 Å². The third kappa shape index (κ3) is 4.64. The summed E-state index contributed by atoms with van der Waals surface area (Å²) in [5.41, 5.74) is -3.45. The third-order valence-corrected chi connectivity index (χ3v) is 7.19. The molecule has 0 spiro atoms. The van der Waals surface area contributed by atoms with Gasteiger partial charge in [0.1, 0.15) is 37.4 Å². The van der Waals surface area contributed by atoms with Gasteiger partial charge < -0.3 is 9.71 Å². The number of hydrogen-bond acceptors (Lipinski definition) is 4. The van der Waals surface area contributed by atoms with Gasteiger partial charge in [0, 0.05) is 29.1 Å². The van der Waals surface area contributed by atoms with Crippen molar-refractivity contribution in [3.05, 3.63) is 45.5 Å². The molecule has 1 saturated heterocycles. The lowest BCUT2D eigenvalue weighted by atomic mass is 9.55. The number of rotatable bonds is 5. The number of alkyl halides is 2. The Kier molecular flexibility index (Phi) is 7.43. The van der Waals surface area contributed by atoms with Crippen LogP contribution < -0.4 is 27.2 Å². The lowest BCUT2D eigenvalue weighted by Gasteiger charge is -2.41. The van der Waals surface area contributed by atoms with E-state index in [2.05, 4.69) is 5.32 Å². The molecule has 0 saturated carbocycles. The van der Waals surface area contributed by atoms with Crippen molar-refractivity contribution in [2.45, 2.75) is 36.7 Å². The van der Waals surface area contributed by atoms with E-state index in [1.54, 1.807) is 0 Å². The monoisotopic (exact) mass is 531 g/mol. The Morgan fingerprint density at radius 1 is 1.05 bits per heavy atom. The first-order chi connectivity index (χ1) is 18.0. The predicted octanol–water partition coefficient (Wildman–Crippen LogP) is -3.57. The van der Waals surface area contributed by atoms with Crippen molar-refractivity contribution in [2.24, 2.45) is 0 Å². The number of hydrogen-bond donors (Lipinski definition) is 1. The van der Waals surface area contributed by atoms with Crippen LogP contribution in [0.15, 0.2) is 18.2 Å². The Labute approximate surface area is 237 Å². The molecule has 4 rings (SSSR count). The minimum atomic E-state index is -4.50. The zero-order valence-electron chi connectivity index (χ0n) is 20.1. The number of fused-ring (bicyclic) bond motifs is 1. The van der Waals surface area contributed by atoms with Gasteiger partial charge in [0.2, 0.25) is 19.8 Å². The molecule has 1 N–H and O–H groups in total. The molecule has 39 heavy (non-hydrogen) atoms. The van der Waals surface area contributed by atoms with Crippen LogP contribution in [0.1, 0.15) is 39.9 Å². The number of imide groups is 1. The van der Waals surface area contributed by atoms with Crippen molar-refractivity contribution >= 4 is 112 Å². The second-order valence-corrected chi connectivity index (χ2v) is 9.57. The molecular formula is C22H11B7ClF2N3O4. The van der Waals surface area contributed by atoms with Crippen molar-refractivity contribution < 1.29 is 28.0 Å². The van der Waals surface area contributed by atoms with E-state index in [1.807, 2.05) is 0 Å². The topological polar surface area (TPSA) is 86.8 Å². The standard InChI is InChI=1S/C22H11B7ClF2N3O4/c23-13-12(14(24)16(26)17(30)15(13)25)21(31,32)20(39)35(29)22(27,28)8-1-2-9-7(5-8)6-34(19(9)38)10-3-4-11(36)33-18(10)37/h1-2,5,10H,3-4,6H2,(H,33,36,37). The van der Waals surface area contributed by atoms with Crippen molar-refractivity contribution in [3.63, 3.8) is 0 Å². The van der Waals surface area contributed by atoms with E-state index in [-0.39, 0.29) is 40.3 Å². The number of nitrogens with zero attached hydrogens (tertiary/aromatic N) is 2. The fraction of sp³-hybridized carbons (Fsp3) is 0.273. The Balaban J connectivity index is 1.64. The summed E-state index contributed by atoms with van der Waals surface area (Å²) in [6.07, 6.45) is 0.177. The first kappa shape index (κ1) is 29.1. The van der Waals surface area contributed by atoms with Gasteiger partial charge in [-0.2, -0.15) is 8.78 Å². The molecule has 2 aromatic rings. The normalized spacial score (nSPS) is 17.7. The molecule has 1 atom stereocenters. The van der Waals surface area contributed by atoms with Gasteiger partial charge >= 0.3 is 5.92 Å². The fourth-order valence-electron chi connectivity index (χ4n) is 4.52. The van der Waals surface area contributed by atoms with Gasteiger partial charge in [-0.05, 0) is 29.0 Å². The first-order valence-electron chi connectivity index (χ1n) is 11.3. The lowest BCUT2D eigenvalue weighted by Crippen LogP contribution is -2.57. The Morgan fingerprint density at radius 2 is 1.64 bits per heavy atom. The number of carbonyl (C=O) groups excluding carboxylic acids is 4. The summed E-state index contributed by atoms with van der Waals surface area (Å²) in [7, 11) is 40.5. The van der Waals surface area contributed by atoms with Crippen LogP contribution in [0.2, 0.25) is 5.02 Å². The van der Waals surface area contributed by atoms with E-state index in [1.165, 1.54) is 23.1 Å². The molecule has 0 aromatic heterocycles. The van der Waals surface area contributed by atoms with Gasteiger partial charge in [0.05, 0.1) is 15.7 Å². The smallest absolute Gasteiger partial charge is 0.347 e. The molecule has 1 unspecified atom stereocenters. The Morgan fingerprint density at radius 3 is 2.21 bits per heavy atom. The van der Waals surface area contributed by atoms with E-state index in [9.17, 15) is 19.2 Å². The second kappa shape index (κ2) is 9.95. The molecule has 0 bridgehead atoms. The molecule has 1 fully saturated rings. The summed E-state index contributed by atoms with van der Waals surface area (Å²) in [5, 5.41) is -0.724. The highest BCUT2D eigenvalue weighted by molar-refractivity contribution is 6.64. The highest BCUT2D eigenvalue weighted by Crippen LogP contribution is 2.34. The van der Waals surface area contributed by atoms with Gasteiger partial charge in [-0.3, -0.25) is 24.5 Å². The van der Waals surface area contributed by atoms with Crippen LogP contribution in [0.5, 0.6) is 0 Å². The number of amides is 4. The van der Waals surface area contributed by atoms with E-state index in [0.717, 1.165) is 0 Å². The molecule has 2 aromatic carbocycles. The van der Waals surface area contributed by atoms with Crippen molar-refractivity contribution in [1.82, 2.24) is 15.0 Å². The fourth-order valence-corrected chi connectivity index (χ4v) is 4.73. The first-order valence-corrected chi connectivity index (χ1v) is 11.6. The maximum Gasteiger partial charge on any atom is 0.347 e. The zero-order valence-corrected chi connectivity index (χ0v) is 20.9. The van der Waals surface area contributed by atoms with Crippen molar-refractivity contribution in [1.29, 1.82) is 0 Å². The summed E-state index contributed by atoms with van der Waals surface area (Å²) >= 11 is 5.86. The molecular weight excluding hydrogens is 519 g/mol. The van der Waals surface area contributed by atoms with E-state index < -0.39 is 68.3 Å². The Bertz CT molecular complexity index is 1430. The number of halogens is 3. The van der Waals surface area contributed by atoms with Crippen molar-refractivity contribution in [2.75, 3.05) is 0 Å². The average molecular weight is 530 g/mol. The van der Waals surface area contributed by atoms with Gasteiger partial charge in [-0.1, -0.05) is 45.6 Å². The maximum absolute atomic E-state index is 15.4. The number of carbonyl (C=O) groups is 4. The van der Waals surface area contributed by atoms with Crippen LogP contribution in [0.4, 0.5) is 8.78 Å². The molecule has 4 amide bonds. The lowest BCUT2D eigenvalue weighted by molar-refractivity contribution is -0.155. The predicted molar refractivity (Wildman–Crippen MR) is 145 cm³/mol. The molecule has 2 heterocycles. The summed E-state index contributed by atoms with van der Waals surface area (Å²) in [6.45, 7) is -0.0740. The summed E-state index contributed by atoms with van der Waals surface area (Å²) < 4.78 is 30.9. The molecule has 180 valence electrons. The molecule has 14 radical (unpaired) electrons. The molecule has 17 heteroatoms. The highest BCUT2D eigenvalue weighted by atomic mass is 35.5. The largest absolute Gasteiger partial charge is 0.398 e. The quantitative estimate of drug-likeness (QED) is 0.320. The maximum atomic E-state index is 15.4. The van der Waals surface area contributed by atoms with Gasteiger partial charge in [-0.25, -0.2) is 0 Å². The third-order valence-electron chi connectivity index (χ3n) is 6.78. The van der Waals surface area contributed by atoms with Gasteiger partial charge in [-0.15, -0.1) is 0 Å². The van der Waals surface area contributed by atoms with Crippen LogP contribution >= 0.6 is 11.6 Å². The minimum absolute atomic E-state index is 0.0505. The van der Waals surface area contributed by atoms with Crippen LogP contribution in [-0.4, -0.2) is 94.4 Å². The summed E-state index contributed by atoms with van der Waals surface area (Å²) in [4.78, 5) is 50.7. The number of nitrogens with one attached hydrogen (secondary N) is 1. The number of benzene rings is 2. The summed E-state index contributed by atoms with van der Waals surface area (Å²) in [5.74, 6) is -8.18. The minimum Gasteiger partial charge on any atom is -0.398 e. The highest BCUT2D eigenvalue weighted by Gasteiger charge is 2.48. The zero-order chi connectivity index (χ0) is 29.2. The average Bonchev–Trinajstić information content (AvgIpc) is 3.20. The second-order valence-electron chi connectivity index (χ2n) is 9.19. The SMILES string of the molecule is [B]c1c([B])c(C(F)(F)C(=O)N([B])C([B])([B])c2ccc3c(c2)CN(C2CCC(=O)NC2=O)C3=O)c([B])c([B])c1Cl. The molecule has 7 nitrogen and oxygen atoms in total. The van der Waals surface area contributed by atoms with Crippen molar-refractivity contribution in [3.8, 4) is 0 Å². The van der Waals surface area contributed by atoms with Crippen LogP contribution in [0, 0.1) is 0 Å². The van der Waals surface area contributed by atoms with E-state index in [4.69, 9.17) is 66.7 Å². The Hall–Kier alpha value is -2.88. The van der Waals surface area contributed by atoms with E-state index >= 15 is 8.78 Å². The van der Waals surface area contributed by atoms with Crippen LogP contribution in [0.3, 0.4) is 0 Å². The molecule has 0 aliphatic carbocycles.